The molecule has 0 aliphatic carbocycles. The molecule has 0 fully saturated rings. The number of fused-ring (bicyclic) bond motifs is 1. The minimum atomic E-state index is 0.314. The Balaban J connectivity index is 2.57. The van der Waals surface area contributed by atoms with Gasteiger partial charge in [-0.05, 0) is 6.42 Å². The van der Waals surface area contributed by atoms with E-state index in [9.17, 15) is 0 Å². The molecule has 0 atom stereocenters. The Hall–Kier alpha value is -1.45. The molecule has 14 heavy (non-hydrogen) atoms. The van der Waals surface area contributed by atoms with Gasteiger partial charge in [0.05, 0.1) is 11.1 Å². The summed E-state index contributed by atoms with van der Waals surface area (Å²) >= 11 is 0. The Kier molecular flexibility index (Phi) is 2.19. The molecule has 0 radical (unpaired) electrons. The van der Waals surface area contributed by atoms with Gasteiger partial charge in [-0.15, -0.1) is 0 Å². The molecule has 0 saturated carbocycles. The van der Waals surface area contributed by atoms with Crippen molar-refractivity contribution >= 4 is 11.1 Å². The zero-order chi connectivity index (χ0) is 10.1. The van der Waals surface area contributed by atoms with Crippen LogP contribution >= 0.6 is 0 Å². The molecule has 0 N–H and O–H groups in total. The van der Waals surface area contributed by atoms with Gasteiger partial charge >= 0.3 is 0 Å². The van der Waals surface area contributed by atoms with E-state index in [0.717, 1.165) is 23.3 Å². The third kappa shape index (κ3) is 1.36. The lowest BCUT2D eigenvalue weighted by molar-refractivity contribution is 0.438. The molecule has 4 nitrogen and oxygen atoms in total. The summed E-state index contributed by atoms with van der Waals surface area (Å²) in [6.45, 7) is 6.14. The van der Waals surface area contributed by atoms with Crippen molar-refractivity contribution in [2.45, 2.75) is 33.1 Å². The van der Waals surface area contributed by atoms with Crippen molar-refractivity contribution < 1.29 is 4.52 Å². The SMILES string of the molecule is CCc1noc2nc(C(C)C)ncc12. The summed E-state index contributed by atoms with van der Waals surface area (Å²) in [5.41, 5.74) is 1.52. The number of rotatable bonds is 2. The summed E-state index contributed by atoms with van der Waals surface area (Å²) in [5, 5.41) is 4.86. The minimum absolute atomic E-state index is 0.314. The highest BCUT2D eigenvalue weighted by atomic mass is 16.5. The minimum Gasteiger partial charge on any atom is -0.335 e. The van der Waals surface area contributed by atoms with Crippen molar-refractivity contribution in [3.05, 3.63) is 17.7 Å². The Morgan fingerprint density at radius 3 is 2.86 bits per heavy atom. The molecule has 74 valence electrons. The van der Waals surface area contributed by atoms with Crippen LogP contribution in [0.2, 0.25) is 0 Å². The zero-order valence-corrected chi connectivity index (χ0v) is 8.61. The first-order valence-electron chi connectivity index (χ1n) is 4.83. The topological polar surface area (TPSA) is 51.8 Å². The van der Waals surface area contributed by atoms with Gasteiger partial charge in [0.15, 0.2) is 0 Å². The van der Waals surface area contributed by atoms with Crippen LogP contribution in [0.25, 0.3) is 11.1 Å². The van der Waals surface area contributed by atoms with Gasteiger partial charge in [0.25, 0.3) is 5.71 Å². The molecule has 2 heterocycles. The van der Waals surface area contributed by atoms with E-state index in [1.165, 1.54) is 0 Å². The summed E-state index contributed by atoms with van der Waals surface area (Å²) in [4.78, 5) is 8.58. The maximum atomic E-state index is 5.13. The van der Waals surface area contributed by atoms with Crippen LogP contribution in [-0.2, 0) is 6.42 Å². The van der Waals surface area contributed by atoms with E-state index >= 15 is 0 Å². The predicted molar refractivity (Wildman–Crippen MR) is 53.1 cm³/mol. The van der Waals surface area contributed by atoms with E-state index in [1.54, 1.807) is 6.20 Å². The first-order valence-corrected chi connectivity index (χ1v) is 4.83. The lowest BCUT2D eigenvalue weighted by atomic mass is 10.2. The molecule has 2 aromatic rings. The summed E-state index contributed by atoms with van der Waals surface area (Å²) in [7, 11) is 0. The molecule has 0 aromatic carbocycles. The van der Waals surface area contributed by atoms with Crippen molar-refractivity contribution in [3.63, 3.8) is 0 Å². The number of aromatic nitrogens is 3. The van der Waals surface area contributed by atoms with Crippen LogP contribution in [0.1, 0.15) is 38.2 Å². The van der Waals surface area contributed by atoms with Gasteiger partial charge in [-0.25, -0.2) is 4.98 Å². The van der Waals surface area contributed by atoms with Gasteiger partial charge in [-0.2, -0.15) is 4.98 Å². The highest BCUT2D eigenvalue weighted by Gasteiger charge is 2.10. The fraction of sp³-hybridized carbons (Fsp3) is 0.500. The van der Waals surface area contributed by atoms with Crippen molar-refractivity contribution in [2.75, 3.05) is 0 Å². The average Bonchev–Trinajstić information content (AvgIpc) is 2.59. The molecule has 0 spiro atoms. The number of hydrogen-bond donors (Lipinski definition) is 0. The molecule has 0 unspecified atom stereocenters. The first kappa shape index (κ1) is 9.12. The van der Waals surface area contributed by atoms with Gasteiger partial charge in [-0.3, -0.25) is 0 Å². The second-order valence-electron chi connectivity index (χ2n) is 3.58. The fourth-order valence-corrected chi connectivity index (χ4v) is 1.33. The van der Waals surface area contributed by atoms with E-state index in [-0.39, 0.29) is 0 Å². The van der Waals surface area contributed by atoms with Crippen LogP contribution in [0, 0.1) is 0 Å². The summed E-state index contributed by atoms with van der Waals surface area (Å²) < 4.78 is 5.13. The largest absolute Gasteiger partial charge is 0.335 e. The Bertz CT molecular complexity index is 448. The Morgan fingerprint density at radius 2 is 2.21 bits per heavy atom. The quantitative estimate of drug-likeness (QED) is 0.730. The lowest BCUT2D eigenvalue weighted by Gasteiger charge is -2.00. The fourth-order valence-electron chi connectivity index (χ4n) is 1.33. The van der Waals surface area contributed by atoms with Crippen LogP contribution in [-0.4, -0.2) is 15.1 Å². The first-order chi connectivity index (χ1) is 6.72. The van der Waals surface area contributed by atoms with Crippen molar-refractivity contribution in [1.82, 2.24) is 15.1 Å². The second-order valence-corrected chi connectivity index (χ2v) is 3.58. The van der Waals surface area contributed by atoms with Gasteiger partial charge in [0, 0.05) is 12.1 Å². The van der Waals surface area contributed by atoms with E-state index in [4.69, 9.17) is 4.52 Å². The predicted octanol–water partition coefficient (Wildman–Crippen LogP) is 2.30. The van der Waals surface area contributed by atoms with E-state index < -0.39 is 0 Å². The molecular weight excluding hydrogens is 178 g/mol. The normalized spacial score (nSPS) is 11.4. The monoisotopic (exact) mass is 191 g/mol. The molecular formula is C10H13N3O. The number of aryl methyl sites for hydroxylation is 1. The van der Waals surface area contributed by atoms with Crippen LogP contribution < -0.4 is 0 Å². The third-order valence-electron chi connectivity index (χ3n) is 2.18. The summed E-state index contributed by atoms with van der Waals surface area (Å²) in [6, 6.07) is 0. The molecule has 0 saturated heterocycles. The van der Waals surface area contributed by atoms with Crippen molar-refractivity contribution in [1.29, 1.82) is 0 Å². The maximum absolute atomic E-state index is 5.13. The average molecular weight is 191 g/mol. The van der Waals surface area contributed by atoms with E-state index in [1.807, 2.05) is 6.92 Å². The molecule has 2 aromatic heterocycles. The molecule has 4 heteroatoms. The Morgan fingerprint density at radius 1 is 1.43 bits per heavy atom. The van der Waals surface area contributed by atoms with Crippen LogP contribution in [0.5, 0.6) is 0 Å². The van der Waals surface area contributed by atoms with E-state index in [2.05, 4.69) is 29.0 Å². The second kappa shape index (κ2) is 3.36. The summed E-state index contributed by atoms with van der Waals surface area (Å²) in [5.74, 6) is 1.12. The smallest absolute Gasteiger partial charge is 0.261 e. The van der Waals surface area contributed by atoms with Gasteiger partial charge in [-0.1, -0.05) is 25.9 Å². The lowest BCUT2D eigenvalue weighted by Crippen LogP contribution is -1.96. The number of nitrogens with zero attached hydrogens (tertiary/aromatic N) is 3. The molecule has 0 aliphatic heterocycles. The van der Waals surface area contributed by atoms with Gasteiger partial charge in [0.1, 0.15) is 5.82 Å². The van der Waals surface area contributed by atoms with Crippen LogP contribution in [0.4, 0.5) is 0 Å². The van der Waals surface area contributed by atoms with Crippen LogP contribution in [0.3, 0.4) is 0 Å². The highest BCUT2D eigenvalue weighted by Crippen LogP contribution is 2.18. The van der Waals surface area contributed by atoms with E-state index in [0.29, 0.717) is 11.6 Å². The van der Waals surface area contributed by atoms with Gasteiger partial charge < -0.3 is 4.52 Å². The van der Waals surface area contributed by atoms with Crippen molar-refractivity contribution in [2.24, 2.45) is 0 Å². The zero-order valence-electron chi connectivity index (χ0n) is 8.61. The standard InChI is InChI=1S/C10H13N3O/c1-4-8-7-5-11-9(6(2)3)12-10(7)14-13-8/h5-6H,4H2,1-3H3. The number of hydrogen-bond acceptors (Lipinski definition) is 4. The molecule has 0 amide bonds. The highest BCUT2D eigenvalue weighted by molar-refractivity contribution is 5.74. The summed E-state index contributed by atoms with van der Waals surface area (Å²) in [6.07, 6.45) is 2.64. The van der Waals surface area contributed by atoms with Crippen LogP contribution in [0.15, 0.2) is 10.7 Å². The Labute approximate surface area is 82.3 Å². The van der Waals surface area contributed by atoms with Crippen molar-refractivity contribution in [3.8, 4) is 0 Å². The maximum Gasteiger partial charge on any atom is 0.261 e. The molecule has 2 rings (SSSR count). The molecule has 0 aliphatic rings. The van der Waals surface area contributed by atoms with Gasteiger partial charge in [0.2, 0.25) is 0 Å². The molecule has 0 bridgehead atoms. The third-order valence-corrected chi connectivity index (χ3v) is 2.18.